The van der Waals surface area contributed by atoms with Crippen molar-refractivity contribution in [2.24, 2.45) is 0 Å². The van der Waals surface area contributed by atoms with E-state index in [9.17, 15) is 9.59 Å². The molecular formula is C14H10BrN3O3. The minimum absolute atomic E-state index is 0.292. The number of benzene rings is 2. The first kappa shape index (κ1) is 13.4. The molecule has 1 heterocycles. The molecule has 3 rings (SSSR count). The number of anilines is 2. The van der Waals surface area contributed by atoms with Gasteiger partial charge in [-0.2, -0.15) is 0 Å². The van der Waals surface area contributed by atoms with E-state index in [1.807, 2.05) is 0 Å². The fourth-order valence-electron chi connectivity index (χ4n) is 1.92. The van der Waals surface area contributed by atoms with Gasteiger partial charge >= 0.3 is 5.76 Å². The number of oxazole rings is 1. The number of carbonyl (C=O) groups is 1. The molecule has 0 saturated carbocycles. The smallest absolute Gasteiger partial charge is 0.408 e. The summed E-state index contributed by atoms with van der Waals surface area (Å²) >= 11 is 3.27. The predicted octanol–water partition coefficient (Wildman–Crippen LogP) is 2.72. The molecule has 21 heavy (non-hydrogen) atoms. The quantitative estimate of drug-likeness (QED) is 0.620. The van der Waals surface area contributed by atoms with Crippen LogP contribution in [0.2, 0.25) is 0 Å². The summed E-state index contributed by atoms with van der Waals surface area (Å²) in [5.74, 6) is -0.825. The molecule has 0 aliphatic carbocycles. The van der Waals surface area contributed by atoms with Crippen LogP contribution in [0.1, 0.15) is 10.4 Å². The zero-order valence-corrected chi connectivity index (χ0v) is 12.2. The maximum Gasteiger partial charge on any atom is 0.417 e. The van der Waals surface area contributed by atoms with E-state index in [1.54, 1.807) is 36.4 Å². The number of H-pyrrole nitrogens is 1. The first-order valence-electron chi connectivity index (χ1n) is 6.02. The van der Waals surface area contributed by atoms with Crippen molar-refractivity contribution in [3.8, 4) is 0 Å². The molecule has 3 aromatic rings. The summed E-state index contributed by atoms with van der Waals surface area (Å²) in [4.78, 5) is 25.8. The van der Waals surface area contributed by atoms with Crippen LogP contribution < -0.4 is 16.8 Å². The number of rotatable bonds is 2. The number of amides is 1. The number of aromatic nitrogens is 1. The van der Waals surface area contributed by atoms with Crippen molar-refractivity contribution in [1.29, 1.82) is 0 Å². The number of nitrogens with one attached hydrogen (secondary N) is 2. The van der Waals surface area contributed by atoms with Crippen LogP contribution >= 0.6 is 15.9 Å². The maximum atomic E-state index is 12.1. The predicted molar refractivity (Wildman–Crippen MR) is 83.3 cm³/mol. The number of nitrogens with two attached hydrogens (primary N) is 1. The summed E-state index contributed by atoms with van der Waals surface area (Å²) in [6, 6.07) is 9.84. The first-order chi connectivity index (χ1) is 10.0. The van der Waals surface area contributed by atoms with Crippen LogP contribution in [0.25, 0.3) is 11.1 Å². The molecule has 0 aliphatic heterocycles. The molecule has 2 aromatic carbocycles. The van der Waals surface area contributed by atoms with Crippen molar-refractivity contribution in [3.63, 3.8) is 0 Å². The third-order valence-electron chi connectivity index (χ3n) is 2.94. The zero-order valence-electron chi connectivity index (χ0n) is 10.6. The van der Waals surface area contributed by atoms with Crippen molar-refractivity contribution in [2.45, 2.75) is 0 Å². The Bertz CT molecular complexity index is 898. The van der Waals surface area contributed by atoms with Crippen LogP contribution in [0.5, 0.6) is 0 Å². The number of carbonyl (C=O) groups excluding carboxylic acids is 1. The Kier molecular flexibility index (Phi) is 3.26. The largest absolute Gasteiger partial charge is 0.417 e. The Morgan fingerprint density at radius 1 is 1.24 bits per heavy atom. The monoisotopic (exact) mass is 347 g/mol. The fourth-order valence-corrected chi connectivity index (χ4v) is 2.16. The van der Waals surface area contributed by atoms with Gasteiger partial charge in [-0.1, -0.05) is 0 Å². The first-order valence-corrected chi connectivity index (χ1v) is 6.81. The molecular weight excluding hydrogens is 338 g/mol. The Morgan fingerprint density at radius 2 is 2.05 bits per heavy atom. The third-order valence-corrected chi connectivity index (χ3v) is 3.66. The van der Waals surface area contributed by atoms with E-state index in [1.165, 1.54) is 0 Å². The van der Waals surface area contributed by atoms with E-state index in [4.69, 9.17) is 10.2 Å². The summed E-state index contributed by atoms with van der Waals surface area (Å²) in [5.41, 5.74) is 8.18. The Balaban J connectivity index is 1.88. The number of aromatic amines is 1. The van der Waals surface area contributed by atoms with Crippen LogP contribution in [0.4, 0.5) is 11.4 Å². The summed E-state index contributed by atoms with van der Waals surface area (Å²) in [6.45, 7) is 0. The second kappa shape index (κ2) is 5.10. The van der Waals surface area contributed by atoms with Crippen molar-refractivity contribution < 1.29 is 9.21 Å². The molecule has 1 amide bonds. The van der Waals surface area contributed by atoms with Gasteiger partial charge in [0.15, 0.2) is 5.58 Å². The highest BCUT2D eigenvalue weighted by Crippen LogP contribution is 2.21. The number of nitrogen functional groups attached to an aromatic ring is 1. The number of halogens is 1. The highest BCUT2D eigenvalue weighted by molar-refractivity contribution is 9.10. The minimum Gasteiger partial charge on any atom is -0.408 e. The Morgan fingerprint density at radius 3 is 2.81 bits per heavy atom. The van der Waals surface area contributed by atoms with E-state index in [0.29, 0.717) is 28.0 Å². The van der Waals surface area contributed by atoms with E-state index < -0.39 is 5.76 Å². The number of hydrogen-bond acceptors (Lipinski definition) is 4. The zero-order chi connectivity index (χ0) is 15.0. The highest BCUT2D eigenvalue weighted by Gasteiger charge is 2.09. The fraction of sp³-hybridized carbons (Fsp3) is 0. The highest BCUT2D eigenvalue weighted by atomic mass is 79.9. The lowest BCUT2D eigenvalue weighted by molar-refractivity contribution is 0.102. The Labute approximate surface area is 127 Å². The van der Waals surface area contributed by atoms with Gasteiger partial charge in [-0.15, -0.1) is 0 Å². The van der Waals surface area contributed by atoms with E-state index in [-0.39, 0.29) is 5.91 Å². The molecule has 0 spiro atoms. The summed E-state index contributed by atoms with van der Waals surface area (Å²) in [5, 5.41) is 2.73. The normalized spacial score (nSPS) is 10.7. The van der Waals surface area contributed by atoms with E-state index in [0.717, 1.165) is 4.47 Å². The average molecular weight is 348 g/mol. The second-order valence-corrected chi connectivity index (χ2v) is 5.27. The van der Waals surface area contributed by atoms with Gasteiger partial charge in [0.2, 0.25) is 0 Å². The van der Waals surface area contributed by atoms with Gasteiger partial charge in [0.05, 0.1) is 5.52 Å². The topological polar surface area (TPSA) is 101 Å². The molecule has 0 atom stereocenters. The van der Waals surface area contributed by atoms with Crippen LogP contribution in [0.3, 0.4) is 0 Å². The van der Waals surface area contributed by atoms with Crippen molar-refractivity contribution >= 4 is 44.3 Å². The van der Waals surface area contributed by atoms with Gasteiger partial charge in [0, 0.05) is 21.4 Å². The number of hydrogen-bond donors (Lipinski definition) is 3. The van der Waals surface area contributed by atoms with Gasteiger partial charge in [0.1, 0.15) is 0 Å². The number of fused-ring (bicyclic) bond motifs is 1. The van der Waals surface area contributed by atoms with E-state index in [2.05, 4.69) is 26.2 Å². The van der Waals surface area contributed by atoms with Crippen LogP contribution in [0, 0.1) is 0 Å². The molecule has 0 fully saturated rings. The molecule has 0 unspecified atom stereocenters. The van der Waals surface area contributed by atoms with Crippen molar-refractivity contribution in [1.82, 2.24) is 4.98 Å². The molecule has 6 nitrogen and oxygen atoms in total. The van der Waals surface area contributed by atoms with Gasteiger partial charge in [-0.25, -0.2) is 4.79 Å². The lowest BCUT2D eigenvalue weighted by Crippen LogP contribution is -2.12. The van der Waals surface area contributed by atoms with Crippen molar-refractivity contribution in [3.05, 3.63) is 57.0 Å². The molecule has 4 N–H and O–H groups in total. The summed E-state index contributed by atoms with van der Waals surface area (Å²) in [6.07, 6.45) is 0. The SMILES string of the molecule is Nc1cc(C(=O)Nc2ccc3oc(=O)[nH]c3c2)ccc1Br. The van der Waals surface area contributed by atoms with Crippen LogP contribution in [-0.4, -0.2) is 10.9 Å². The minimum atomic E-state index is -0.533. The average Bonchev–Trinajstić information content (AvgIpc) is 2.81. The van der Waals surface area contributed by atoms with Crippen molar-refractivity contribution in [2.75, 3.05) is 11.1 Å². The van der Waals surface area contributed by atoms with Gasteiger partial charge in [0.25, 0.3) is 5.91 Å². The third kappa shape index (κ3) is 2.68. The molecule has 0 saturated heterocycles. The maximum absolute atomic E-state index is 12.1. The van der Waals surface area contributed by atoms with Gasteiger partial charge in [-0.3, -0.25) is 9.78 Å². The molecule has 0 aliphatic rings. The van der Waals surface area contributed by atoms with Crippen LogP contribution in [0.15, 0.2) is 50.1 Å². The van der Waals surface area contributed by atoms with E-state index >= 15 is 0 Å². The molecule has 7 heteroatoms. The molecule has 1 aromatic heterocycles. The van der Waals surface area contributed by atoms with Crippen LogP contribution in [-0.2, 0) is 0 Å². The van der Waals surface area contributed by atoms with Gasteiger partial charge in [-0.05, 0) is 52.3 Å². The lowest BCUT2D eigenvalue weighted by atomic mass is 10.2. The molecule has 106 valence electrons. The molecule has 0 radical (unpaired) electrons. The lowest BCUT2D eigenvalue weighted by Gasteiger charge is -2.06. The molecule has 0 bridgehead atoms. The second-order valence-electron chi connectivity index (χ2n) is 4.42. The summed E-state index contributed by atoms with van der Waals surface area (Å²) in [7, 11) is 0. The summed E-state index contributed by atoms with van der Waals surface area (Å²) < 4.78 is 5.63. The van der Waals surface area contributed by atoms with Gasteiger partial charge < -0.3 is 15.5 Å². The standard InChI is InChI=1S/C14H10BrN3O3/c15-9-3-1-7(5-10(9)16)13(19)17-8-2-4-12-11(6-8)18-14(20)21-12/h1-6H,16H2,(H,17,19)(H,18,20). The Hall–Kier alpha value is -2.54.